The van der Waals surface area contributed by atoms with E-state index in [0.717, 1.165) is 0 Å². The third-order valence-electron chi connectivity index (χ3n) is 6.99. The second-order valence-corrected chi connectivity index (χ2v) is 9.62. The molecule has 1 heterocycles. The SMILES string of the molecule is CCC(F)=C(F)c1ccc(-c2ccc(CCC3CCC(c4cc(F)c(C(F)(F)F)c(F)c4)OC3)c(F)c2)cc1. The van der Waals surface area contributed by atoms with Crippen molar-refractivity contribution in [3.8, 4) is 11.1 Å². The molecule has 1 saturated heterocycles. The highest BCUT2D eigenvalue weighted by atomic mass is 19.4. The van der Waals surface area contributed by atoms with Gasteiger partial charge < -0.3 is 4.74 Å². The molecule has 3 aromatic carbocycles. The van der Waals surface area contributed by atoms with Crippen LogP contribution in [0.15, 0.2) is 60.4 Å². The van der Waals surface area contributed by atoms with Crippen LogP contribution in [0, 0.1) is 23.4 Å². The highest BCUT2D eigenvalue weighted by Gasteiger charge is 2.38. The molecule has 0 radical (unpaired) electrons. The Morgan fingerprint density at radius 1 is 0.846 bits per heavy atom. The summed E-state index contributed by atoms with van der Waals surface area (Å²) in [6, 6.07) is 12.2. The van der Waals surface area contributed by atoms with Crippen LogP contribution in [0.2, 0.25) is 0 Å². The zero-order valence-electron chi connectivity index (χ0n) is 21.0. The first kappa shape index (κ1) is 28.8. The van der Waals surface area contributed by atoms with Crippen LogP contribution in [0.4, 0.5) is 35.1 Å². The van der Waals surface area contributed by atoms with E-state index in [4.69, 9.17) is 4.74 Å². The molecule has 0 spiro atoms. The summed E-state index contributed by atoms with van der Waals surface area (Å²) in [5.74, 6) is -5.46. The first-order valence-electron chi connectivity index (χ1n) is 12.6. The van der Waals surface area contributed by atoms with Gasteiger partial charge in [0.05, 0.1) is 12.7 Å². The summed E-state index contributed by atoms with van der Waals surface area (Å²) in [7, 11) is 0. The molecule has 9 heteroatoms. The molecule has 0 aromatic heterocycles. The van der Waals surface area contributed by atoms with E-state index in [0.29, 0.717) is 54.5 Å². The number of halogens is 8. The van der Waals surface area contributed by atoms with E-state index in [-0.39, 0.29) is 30.1 Å². The summed E-state index contributed by atoms with van der Waals surface area (Å²) < 4.78 is 114. The normalized spacial score (nSPS) is 18.7. The number of aryl methyl sites for hydroxylation is 1. The van der Waals surface area contributed by atoms with E-state index >= 15 is 0 Å². The van der Waals surface area contributed by atoms with Crippen molar-refractivity contribution >= 4 is 5.83 Å². The largest absolute Gasteiger partial charge is 0.422 e. The van der Waals surface area contributed by atoms with Gasteiger partial charge in [0.25, 0.3) is 0 Å². The van der Waals surface area contributed by atoms with Crippen molar-refractivity contribution < 1.29 is 39.9 Å². The van der Waals surface area contributed by atoms with Gasteiger partial charge in [-0.2, -0.15) is 13.2 Å². The molecule has 1 fully saturated rings. The van der Waals surface area contributed by atoms with Crippen LogP contribution >= 0.6 is 0 Å². The Bertz CT molecular complexity index is 1310. The molecule has 0 amide bonds. The summed E-state index contributed by atoms with van der Waals surface area (Å²) in [6.07, 6.45) is -3.93. The summed E-state index contributed by atoms with van der Waals surface area (Å²) in [4.78, 5) is 0. The third kappa shape index (κ3) is 6.69. The fourth-order valence-electron chi connectivity index (χ4n) is 4.76. The quantitative estimate of drug-likeness (QED) is 0.264. The summed E-state index contributed by atoms with van der Waals surface area (Å²) >= 11 is 0. The van der Waals surface area contributed by atoms with Gasteiger partial charge in [-0.1, -0.05) is 43.3 Å². The summed E-state index contributed by atoms with van der Waals surface area (Å²) in [5.41, 5.74) is -0.0670. The Labute approximate surface area is 221 Å². The van der Waals surface area contributed by atoms with E-state index in [1.165, 1.54) is 25.1 Å². The van der Waals surface area contributed by atoms with Gasteiger partial charge in [0.15, 0.2) is 5.83 Å². The van der Waals surface area contributed by atoms with Crippen molar-refractivity contribution in [3.05, 3.63) is 100 Å². The van der Waals surface area contributed by atoms with E-state index in [1.54, 1.807) is 24.3 Å². The average molecular weight is 555 g/mol. The predicted molar refractivity (Wildman–Crippen MR) is 132 cm³/mol. The number of rotatable bonds is 7. The standard InChI is InChI=1S/C30H26F8O/c1-2-23(31)29(35)20-9-6-18(7-10-20)21-11-8-19(24(32)13-21)5-3-17-4-12-27(39-16-17)22-14-25(33)28(26(34)15-22)30(36,37)38/h6-11,13-15,17,27H,2-5,12,16H2,1H3. The first-order valence-corrected chi connectivity index (χ1v) is 12.6. The molecule has 3 aromatic rings. The van der Waals surface area contributed by atoms with Crippen LogP contribution in [0.3, 0.4) is 0 Å². The third-order valence-corrected chi connectivity index (χ3v) is 6.99. The molecule has 1 aliphatic heterocycles. The Balaban J connectivity index is 1.34. The van der Waals surface area contributed by atoms with Gasteiger partial charge in [0.1, 0.15) is 28.8 Å². The maximum Gasteiger partial charge on any atom is 0.422 e. The van der Waals surface area contributed by atoms with E-state index < -0.39 is 46.9 Å². The molecule has 1 nitrogen and oxygen atoms in total. The number of ether oxygens (including phenoxy) is 1. The number of alkyl halides is 3. The molecule has 208 valence electrons. The van der Waals surface area contributed by atoms with Crippen molar-refractivity contribution in [2.45, 2.75) is 51.3 Å². The molecular formula is C30H26F8O. The minimum atomic E-state index is -5.13. The fourth-order valence-corrected chi connectivity index (χ4v) is 4.76. The van der Waals surface area contributed by atoms with Crippen molar-refractivity contribution in [2.24, 2.45) is 5.92 Å². The summed E-state index contributed by atoms with van der Waals surface area (Å²) in [6.45, 7) is 1.74. The molecule has 39 heavy (non-hydrogen) atoms. The molecule has 0 bridgehead atoms. The van der Waals surface area contributed by atoms with E-state index in [2.05, 4.69) is 0 Å². The van der Waals surface area contributed by atoms with Crippen LogP contribution in [0.1, 0.15) is 61.0 Å². The van der Waals surface area contributed by atoms with Gasteiger partial charge in [-0.15, -0.1) is 0 Å². The van der Waals surface area contributed by atoms with E-state index in [9.17, 15) is 35.1 Å². The molecular weight excluding hydrogens is 528 g/mol. The topological polar surface area (TPSA) is 9.23 Å². The molecule has 2 atom stereocenters. The molecule has 0 N–H and O–H groups in total. The highest BCUT2D eigenvalue weighted by Crippen LogP contribution is 2.38. The van der Waals surface area contributed by atoms with Crippen molar-refractivity contribution in [1.29, 1.82) is 0 Å². The van der Waals surface area contributed by atoms with Gasteiger partial charge in [-0.3, -0.25) is 0 Å². The van der Waals surface area contributed by atoms with Crippen LogP contribution in [0.25, 0.3) is 17.0 Å². The van der Waals surface area contributed by atoms with Crippen molar-refractivity contribution in [2.75, 3.05) is 6.61 Å². The number of allylic oxidation sites excluding steroid dienone is 1. The fraction of sp³-hybridized carbons (Fsp3) is 0.333. The van der Waals surface area contributed by atoms with E-state index in [1.807, 2.05) is 0 Å². The minimum Gasteiger partial charge on any atom is -0.373 e. The average Bonchev–Trinajstić information content (AvgIpc) is 2.90. The maximum atomic E-state index is 14.8. The number of benzene rings is 3. The van der Waals surface area contributed by atoms with Crippen LogP contribution in [-0.2, 0) is 17.3 Å². The Kier molecular flexibility index (Phi) is 8.79. The van der Waals surface area contributed by atoms with Gasteiger partial charge in [0.2, 0.25) is 0 Å². The number of hydrogen-bond acceptors (Lipinski definition) is 1. The lowest BCUT2D eigenvalue weighted by Gasteiger charge is -2.29. The van der Waals surface area contributed by atoms with Crippen LogP contribution < -0.4 is 0 Å². The molecule has 0 aliphatic carbocycles. The van der Waals surface area contributed by atoms with Gasteiger partial charge in [0, 0.05) is 5.56 Å². The first-order chi connectivity index (χ1) is 18.5. The van der Waals surface area contributed by atoms with Crippen LogP contribution in [0.5, 0.6) is 0 Å². The van der Waals surface area contributed by atoms with Gasteiger partial charge in [-0.05, 0) is 78.5 Å². The lowest BCUT2D eigenvalue weighted by atomic mass is 9.89. The number of hydrogen-bond donors (Lipinski definition) is 0. The smallest absolute Gasteiger partial charge is 0.373 e. The Morgan fingerprint density at radius 2 is 1.49 bits per heavy atom. The van der Waals surface area contributed by atoms with Crippen LogP contribution in [-0.4, -0.2) is 6.61 Å². The second kappa shape index (κ2) is 11.9. The van der Waals surface area contributed by atoms with Gasteiger partial charge >= 0.3 is 6.18 Å². The predicted octanol–water partition coefficient (Wildman–Crippen LogP) is 9.91. The highest BCUT2D eigenvalue weighted by molar-refractivity contribution is 5.68. The molecule has 2 unspecified atom stereocenters. The Hall–Kier alpha value is -3.20. The van der Waals surface area contributed by atoms with Gasteiger partial charge in [-0.25, -0.2) is 22.0 Å². The molecule has 0 saturated carbocycles. The van der Waals surface area contributed by atoms with Crippen molar-refractivity contribution in [1.82, 2.24) is 0 Å². The molecule has 4 rings (SSSR count). The zero-order valence-corrected chi connectivity index (χ0v) is 21.0. The minimum absolute atomic E-state index is 0.0142. The molecule has 1 aliphatic rings. The second-order valence-electron chi connectivity index (χ2n) is 9.62. The monoisotopic (exact) mass is 554 g/mol. The lowest BCUT2D eigenvalue weighted by molar-refractivity contribution is -0.142. The maximum absolute atomic E-state index is 14.8. The zero-order chi connectivity index (χ0) is 28.3. The summed E-state index contributed by atoms with van der Waals surface area (Å²) in [5, 5.41) is 0. The lowest BCUT2D eigenvalue weighted by Crippen LogP contribution is -2.22. The van der Waals surface area contributed by atoms with Crippen molar-refractivity contribution in [3.63, 3.8) is 0 Å². The Morgan fingerprint density at radius 3 is 2.03 bits per heavy atom.